The number of hydrogen-bond donors (Lipinski definition) is 0. The van der Waals surface area contributed by atoms with E-state index in [1.54, 1.807) is 4.90 Å². The summed E-state index contributed by atoms with van der Waals surface area (Å²) in [5.74, 6) is 0.829. The van der Waals surface area contributed by atoms with Gasteiger partial charge in [0.05, 0.1) is 6.54 Å². The van der Waals surface area contributed by atoms with Crippen molar-refractivity contribution in [2.75, 3.05) is 13.1 Å². The van der Waals surface area contributed by atoms with Crippen LogP contribution < -0.4 is 0 Å². The first-order valence-corrected chi connectivity index (χ1v) is 5.56. The molecular weight excluding hydrogens is 256 g/mol. The fourth-order valence-corrected chi connectivity index (χ4v) is 1.98. The molecule has 4 heteroatoms. The predicted molar refractivity (Wildman–Crippen MR) is 63.2 cm³/mol. The minimum atomic E-state index is 0.0232. The number of carbonyl (C=O) groups excluding carboxylic acids is 1. The molecule has 3 nitrogen and oxygen atoms in total. The van der Waals surface area contributed by atoms with Crippen molar-refractivity contribution < 1.29 is 4.79 Å². The normalized spacial score (nSPS) is 15.3. The molecule has 15 heavy (non-hydrogen) atoms. The molecule has 2 rings (SSSR count). The molecule has 0 N–H and O–H groups in total. The molecule has 1 heterocycles. The van der Waals surface area contributed by atoms with Crippen LogP contribution in [-0.4, -0.2) is 29.7 Å². The van der Waals surface area contributed by atoms with E-state index in [4.69, 9.17) is 0 Å². The molecule has 0 bridgehead atoms. The molecule has 0 unspecified atom stereocenters. The van der Waals surface area contributed by atoms with Crippen molar-refractivity contribution in [1.82, 2.24) is 4.90 Å². The second-order valence-electron chi connectivity index (χ2n) is 3.40. The van der Waals surface area contributed by atoms with Gasteiger partial charge in [0.2, 0.25) is 0 Å². The first-order chi connectivity index (χ1) is 7.18. The smallest absolute Gasteiger partial charge is 0.259 e. The molecular formula is C11H11BrN2O. The summed E-state index contributed by atoms with van der Waals surface area (Å²) in [6.45, 7) is 3.27. The summed E-state index contributed by atoms with van der Waals surface area (Å²) in [4.78, 5) is 17.9. The Labute approximate surface area is 96.9 Å². The van der Waals surface area contributed by atoms with E-state index in [2.05, 4.69) is 20.9 Å². The SMILES string of the molecule is CC1=NCCN1C(=O)c1cccc(Br)c1. The van der Waals surface area contributed by atoms with Crippen molar-refractivity contribution in [1.29, 1.82) is 0 Å². The summed E-state index contributed by atoms with van der Waals surface area (Å²) < 4.78 is 0.919. The summed E-state index contributed by atoms with van der Waals surface area (Å²) in [5, 5.41) is 0. The zero-order chi connectivity index (χ0) is 10.8. The maximum atomic E-state index is 12.0. The summed E-state index contributed by atoms with van der Waals surface area (Å²) in [7, 11) is 0. The third kappa shape index (κ3) is 2.09. The molecule has 0 saturated carbocycles. The van der Waals surface area contributed by atoms with Crippen LogP contribution in [0.2, 0.25) is 0 Å². The Morgan fingerprint density at radius 2 is 2.33 bits per heavy atom. The van der Waals surface area contributed by atoms with E-state index < -0.39 is 0 Å². The van der Waals surface area contributed by atoms with Gasteiger partial charge >= 0.3 is 0 Å². The maximum Gasteiger partial charge on any atom is 0.259 e. The van der Waals surface area contributed by atoms with E-state index in [0.29, 0.717) is 18.7 Å². The largest absolute Gasteiger partial charge is 0.295 e. The summed E-state index contributed by atoms with van der Waals surface area (Å²) in [6.07, 6.45) is 0. The van der Waals surface area contributed by atoms with Gasteiger partial charge in [0, 0.05) is 16.6 Å². The molecule has 1 aromatic carbocycles. The number of hydrogen-bond acceptors (Lipinski definition) is 2. The first kappa shape index (κ1) is 10.4. The lowest BCUT2D eigenvalue weighted by Crippen LogP contribution is -2.32. The van der Waals surface area contributed by atoms with Crippen molar-refractivity contribution in [2.45, 2.75) is 6.92 Å². The molecule has 78 valence electrons. The summed E-state index contributed by atoms with van der Waals surface area (Å²) in [5.41, 5.74) is 0.695. The highest BCUT2D eigenvalue weighted by Crippen LogP contribution is 2.15. The van der Waals surface area contributed by atoms with Gasteiger partial charge in [-0.1, -0.05) is 22.0 Å². The third-order valence-electron chi connectivity index (χ3n) is 2.37. The number of benzene rings is 1. The lowest BCUT2D eigenvalue weighted by atomic mass is 10.2. The van der Waals surface area contributed by atoms with Gasteiger partial charge in [-0.3, -0.25) is 14.7 Å². The molecule has 1 aromatic rings. The van der Waals surface area contributed by atoms with Gasteiger partial charge in [-0.05, 0) is 25.1 Å². The number of nitrogens with zero attached hydrogens (tertiary/aromatic N) is 2. The molecule has 0 saturated heterocycles. The fraction of sp³-hybridized carbons (Fsp3) is 0.273. The molecule has 0 aromatic heterocycles. The Bertz CT molecular complexity index is 428. The van der Waals surface area contributed by atoms with Crippen molar-refractivity contribution in [2.24, 2.45) is 4.99 Å². The van der Waals surface area contributed by atoms with Gasteiger partial charge in [-0.2, -0.15) is 0 Å². The minimum absolute atomic E-state index is 0.0232. The molecule has 1 aliphatic rings. The quantitative estimate of drug-likeness (QED) is 0.768. The molecule has 0 radical (unpaired) electrons. The van der Waals surface area contributed by atoms with E-state index in [0.717, 1.165) is 10.3 Å². The highest BCUT2D eigenvalue weighted by Gasteiger charge is 2.21. The van der Waals surface area contributed by atoms with Crippen molar-refractivity contribution in [3.8, 4) is 0 Å². The highest BCUT2D eigenvalue weighted by atomic mass is 79.9. The minimum Gasteiger partial charge on any atom is -0.295 e. The number of halogens is 1. The van der Waals surface area contributed by atoms with Crippen LogP contribution in [0.4, 0.5) is 0 Å². The number of carbonyl (C=O) groups is 1. The van der Waals surface area contributed by atoms with Crippen molar-refractivity contribution >= 4 is 27.7 Å². The summed E-state index contributed by atoms with van der Waals surface area (Å²) in [6, 6.07) is 7.41. The zero-order valence-electron chi connectivity index (χ0n) is 8.40. The van der Waals surface area contributed by atoms with E-state index in [1.807, 2.05) is 31.2 Å². The van der Waals surface area contributed by atoms with Crippen LogP contribution in [0.25, 0.3) is 0 Å². The molecule has 0 fully saturated rings. The van der Waals surface area contributed by atoms with Gasteiger partial charge in [0.15, 0.2) is 0 Å². The topological polar surface area (TPSA) is 32.7 Å². The molecule has 0 atom stereocenters. The van der Waals surface area contributed by atoms with Crippen LogP contribution in [0.15, 0.2) is 33.7 Å². The highest BCUT2D eigenvalue weighted by molar-refractivity contribution is 9.10. The number of rotatable bonds is 1. The standard InChI is InChI=1S/C11H11BrN2O/c1-8-13-5-6-14(8)11(15)9-3-2-4-10(12)7-9/h2-4,7H,5-6H2,1H3. The molecule has 0 aliphatic carbocycles. The molecule has 1 amide bonds. The second-order valence-corrected chi connectivity index (χ2v) is 4.31. The second kappa shape index (κ2) is 4.14. The van der Waals surface area contributed by atoms with E-state index in [9.17, 15) is 4.79 Å². The van der Waals surface area contributed by atoms with Gasteiger partial charge in [-0.25, -0.2) is 0 Å². The Kier molecular flexibility index (Phi) is 2.86. The Balaban J connectivity index is 2.25. The zero-order valence-corrected chi connectivity index (χ0v) is 9.99. The fourth-order valence-electron chi connectivity index (χ4n) is 1.58. The van der Waals surface area contributed by atoms with Gasteiger partial charge in [0.25, 0.3) is 5.91 Å². The van der Waals surface area contributed by atoms with Crippen molar-refractivity contribution in [3.05, 3.63) is 34.3 Å². The van der Waals surface area contributed by atoms with Gasteiger partial charge < -0.3 is 0 Å². The molecule has 0 spiro atoms. The van der Waals surface area contributed by atoms with E-state index >= 15 is 0 Å². The van der Waals surface area contributed by atoms with Crippen LogP contribution in [0, 0.1) is 0 Å². The van der Waals surface area contributed by atoms with Crippen molar-refractivity contribution in [3.63, 3.8) is 0 Å². The lowest BCUT2D eigenvalue weighted by molar-refractivity contribution is 0.0857. The summed E-state index contributed by atoms with van der Waals surface area (Å²) >= 11 is 3.35. The average Bonchev–Trinajstić information content (AvgIpc) is 2.63. The number of amides is 1. The Morgan fingerprint density at radius 3 is 2.93 bits per heavy atom. The van der Waals surface area contributed by atoms with Gasteiger partial charge in [0.1, 0.15) is 5.84 Å². The van der Waals surface area contributed by atoms with E-state index in [1.165, 1.54) is 0 Å². The van der Waals surface area contributed by atoms with Crippen LogP contribution in [-0.2, 0) is 0 Å². The Morgan fingerprint density at radius 1 is 1.53 bits per heavy atom. The van der Waals surface area contributed by atoms with Crippen LogP contribution in [0.5, 0.6) is 0 Å². The predicted octanol–water partition coefficient (Wildman–Crippen LogP) is 2.32. The van der Waals surface area contributed by atoms with Crippen LogP contribution >= 0.6 is 15.9 Å². The Hall–Kier alpha value is -1.16. The maximum absolute atomic E-state index is 12.0. The lowest BCUT2D eigenvalue weighted by Gasteiger charge is -2.15. The molecule has 1 aliphatic heterocycles. The average molecular weight is 267 g/mol. The van der Waals surface area contributed by atoms with E-state index in [-0.39, 0.29) is 5.91 Å². The monoisotopic (exact) mass is 266 g/mol. The van der Waals surface area contributed by atoms with Crippen LogP contribution in [0.3, 0.4) is 0 Å². The van der Waals surface area contributed by atoms with Crippen LogP contribution in [0.1, 0.15) is 17.3 Å². The third-order valence-corrected chi connectivity index (χ3v) is 2.86. The number of amidine groups is 1. The first-order valence-electron chi connectivity index (χ1n) is 4.77. The van der Waals surface area contributed by atoms with Gasteiger partial charge in [-0.15, -0.1) is 0 Å². The number of aliphatic imine (C=N–C) groups is 1.